The molecule has 0 saturated carbocycles. The van der Waals surface area contributed by atoms with Crippen molar-refractivity contribution in [1.82, 2.24) is 30.0 Å². The summed E-state index contributed by atoms with van der Waals surface area (Å²) in [5.74, 6) is -3.38. The number of aromatic nitrogens is 2. The molecule has 18 heteroatoms. The minimum Gasteiger partial charge on any atom is -0.379 e. The molecule has 0 bridgehead atoms. The lowest BCUT2D eigenvalue weighted by molar-refractivity contribution is -0.279. The van der Waals surface area contributed by atoms with Crippen LogP contribution in [0.3, 0.4) is 0 Å². The van der Waals surface area contributed by atoms with Gasteiger partial charge in [0.15, 0.2) is 0 Å². The first kappa shape index (κ1) is 53.1. The molecule has 0 spiro atoms. The molecule has 4 saturated heterocycles. The number of likely N-dealkylation sites (tertiary alicyclic amines) is 2. The van der Waals surface area contributed by atoms with Gasteiger partial charge < -0.3 is 44.3 Å². The van der Waals surface area contributed by atoms with Gasteiger partial charge in [-0.15, -0.1) is 0 Å². The topological polar surface area (TPSA) is 211 Å². The maximum atomic E-state index is 13.9. The molecule has 73 heavy (non-hydrogen) atoms. The van der Waals surface area contributed by atoms with Crippen LogP contribution in [0.5, 0.6) is 0 Å². The number of carbonyl (C=O) groups excluding carboxylic acids is 6. The molecule has 4 fully saturated rings. The number of fused-ring (bicyclic) bond motifs is 4. The molecular weight excluding hydrogens is 937 g/mol. The molecule has 4 aliphatic heterocycles. The van der Waals surface area contributed by atoms with Gasteiger partial charge in [0.2, 0.25) is 17.7 Å². The van der Waals surface area contributed by atoms with Crippen molar-refractivity contribution in [1.29, 1.82) is 0 Å². The van der Waals surface area contributed by atoms with E-state index >= 15 is 0 Å². The van der Waals surface area contributed by atoms with Gasteiger partial charge in [-0.05, 0) is 95.4 Å². The van der Waals surface area contributed by atoms with E-state index in [0.717, 1.165) is 84.9 Å². The number of morpholine rings is 2. The maximum absolute atomic E-state index is 13.9. The average molecular weight is 1010 g/mol. The third kappa shape index (κ3) is 11.3. The first-order chi connectivity index (χ1) is 35.5. The fourth-order valence-corrected chi connectivity index (χ4v) is 11.4. The molecule has 2 aromatic heterocycles. The number of H-pyrrole nitrogens is 2. The second kappa shape index (κ2) is 24.7. The van der Waals surface area contributed by atoms with Crippen LogP contribution in [0.2, 0.25) is 0 Å². The number of Topliss-reactive ketones (excluding diaryl/α,β-unsaturated/α-hetero) is 1. The molecule has 0 unspecified atom stereocenters. The number of hydrogen-bond acceptors (Lipinski definition) is 13. The summed E-state index contributed by atoms with van der Waals surface area (Å²) in [6.45, 7) is 11.9. The van der Waals surface area contributed by atoms with Crippen LogP contribution in [0.4, 0.5) is 0 Å². The van der Waals surface area contributed by atoms with Crippen molar-refractivity contribution in [2.24, 2.45) is 22.7 Å². The Labute approximate surface area is 425 Å². The number of amides is 3. The Morgan fingerprint density at radius 1 is 0.658 bits per heavy atom. The molecule has 3 N–H and O–H groups in total. The van der Waals surface area contributed by atoms with Crippen LogP contribution in [-0.2, 0) is 70.6 Å². The van der Waals surface area contributed by atoms with Crippen LogP contribution in [0.1, 0.15) is 83.3 Å². The van der Waals surface area contributed by atoms with E-state index in [9.17, 15) is 28.8 Å². The lowest BCUT2D eigenvalue weighted by Gasteiger charge is -2.35. The van der Waals surface area contributed by atoms with Gasteiger partial charge >= 0.3 is 11.9 Å². The summed E-state index contributed by atoms with van der Waals surface area (Å²) in [5.41, 5.74) is 3.25. The second-order valence-corrected chi connectivity index (χ2v) is 19.2. The number of ketones is 1. The minimum absolute atomic E-state index is 0.0149. The van der Waals surface area contributed by atoms with E-state index in [0.29, 0.717) is 76.5 Å². The molecule has 4 atom stereocenters. The van der Waals surface area contributed by atoms with E-state index in [1.165, 1.54) is 6.92 Å². The zero-order valence-corrected chi connectivity index (χ0v) is 42.4. The van der Waals surface area contributed by atoms with E-state index in [1.807, 2.05) is 60.9 Å². The minimum atomic E-state index is -1.22. The van der Waals surface area contributed by atoms with Crippen LogP contribution < -0.4 is 5.32 Å². The number of nitrogens with one attached hydrogen (secondary N) is 3. The Bertz CT molecular complexity index is 2650. The number of para-hydroxylation sites is 2. The normalized spacial score (nSPS) is 23.6. The van der Waals surface area contributed by atoms with E-state index in [4.69, 9.17) is 29.0 Å². The number of nitrogens with zero attached hydrogens (tertiary/aromatic N) is 3. The lowest BCUT2D eigenvalue weighted by Crippen LogP contribution is -2.46. The Hall–Kier alpha value is -6.18. The maximum Gasteiger partial charge on any atom is 0.355 e. The molecule has 10 rings (SSSR count). The predicted octanol–water partition coefficient (Wildman–Crippen LogP) is 6.27. The van der Waals surface area contributed by atoms with Crippen molar-refractivity contribution in [3.8, 4) is 0 Å². The number of aromatic amines is 2. The Morgan fingerprint density at radius 3 is 1.56 bits per heavy atom. The SMILES string of the molecule is C1COCCN1.CCOOC(=O)[C@]12CCCC=C1N(CCc1c[nH]c3ccccc13)C(=O)[C@H]2CC(=O)N1CCOCC1.CCOOC(=O)[C@]12CCCC=C1N(CCc1c[nH]c3ccccc13)C(=O)[C@H]2CC(C)=O. The van der Waals surface area contributed by atoms with Crippen molar-refractivity contribution in [2.75, 3.05) is 78.9 Å². The van der Waals surface area contributed by atoms with Crippen molar-refractivity contribution in [2.45, 2.75) is 85.0 Å². The molecular formula is C55H70N6O12. The third-order valence-corrected chi connectivity index (χ3v) is 14.9. The van der Waals surface area contributed by atoms with E-state index in [1.54, 1.807) is 28.5 Å². The van der Waals surface area contributed by atoms with Gasteiger partial charge in [0.05, 0.1) is 51.5 Å². The summed E-state index contributed by atoms with van der Waals surface area (Å²) in [5, 5.41) is 5.39. The zero-order valence-electron chi connectivity index (χ0n) is 42.4. The first-order valence-corrected chi connectivity index (χ1v) is 26.0. The van der Waals surface area contributed by atoms with Crippen molar-refractivity contribution >= 4 is 57.2 Å². The third-order valence-electron chi connectivity index (χ3n) is 14.9. The summed E-state index contributed by atoms with van der Waals surface area (Å²) >= 11 is 0. The molecule has 2 aliphatic carbocycles. The van der Waals surface area contributed by atoms with E-state index in [-0.39, 0.29) is 49.6 Å². The van der Waals surface area contributed by atoms with Gasteiger partial charge in [0.1, 0.15) is 16.6 Å². The quantitative estimate of drug-likeness (QED) is 0.0836. The summed E-state index contributed by atoms with van der Waals surface area (Å²) in [4.78, 5) is 111. The predicted molar refractivity (Wildman–Crippen MR) is 270 cm³/mol. The van der Waals surface area contributed by atoms with Crippen molar-refractivity contribution in [3.05, 3.63) is 95.6 Å². The average Bonchev–Trinajstić information content (AvgIpc) is 4.16. The number of hydrogen-bond donors (Lipinski definition) is 3. The molecule has 6 aliphatic rings. The first-order valence-electron chi connectivity index (χ1n) is 26.0. The summed E-state index contributed by atoms with van der Waals surface area (Å²) < 4.78 is 10.4. The molecule has 392 valence electrons. The number of benzene rings is 2. The highest BCUT2D eigenvalue weighted by Gasteiger charge is 2.64. The number of carbonyl (C=O) groups is 6. The van der Waals surface area contributed by atoms with Crippen LogP contribution in [0, 0.1) is 22.7 Å². The van der Waals surface area contributed by atoms with Crippen molar-refractivity contribution in [3.63, 3.8) is 0 Å². The number of ether oxygens (including phenoxy) is 2. The van der Waals surface area contributed by atoms with Crippen LogP contribution in [0.15, 0.2) is 84.5 Å². The second-order valence-electron chi connectivity index (χ2n) is 19.2. The Kier molecular flexibility index (Phi) is 18.0. The summed E-state index contributed by atoms with van der Waals surface area (Å²) in [6, 6.07) is 16.1. The standard InChI is InChI=1S/C27H33N3O6.C24H28N2O5.C4H9NO/c1-2-35-36-26(33)27-11-6-5-9-23(27)30(12-10-19-18-28-22-8-4-3-7-20(19)22)25(32)21(27)17-24(31)29-13-15-34-16-14-29;1-3-30-31-23(29)24-12-7-6-10-21(24)26(22(28)19(24)14-16(2)27)13-11-17-15-25-20-9-5-4-8-18(17)20;1-3-6-4-2-5-1/h3-4,7-9,18,21,28H,2,5-6,10-17H2,1H3;4-5,8-10,15,19,25H,3,6-7,11-14H2,1-2H3;5H,1-4H2/t21-,27+;19-,24+;/m11./s1. The fraction of sp³-hybridized carbons (Fsp3) is 0.527. The number of rotatable bonds is 16. The molecule has 4 aromatic rings. The van der Waals surface area contributed by atoms with Gasteiger partial charge in [-0.25, -0.2) is 9.59 Å². The monoisotopic (exact) mass is 1010 g/mol. The number of allylic oxidation sites excluding steroid dienone is 2. The lowest BCUT2D eigenvalue weighted by atomic mass is 9.68. The van der Waals surface area contributed by atoms with Crippen LogP contribution in [-0.4, -0.2) is 139 Å². The molecule has 18 nitrogen and oxygen atoms in total. The van der Waals surface area contributed by atoms with Gasteiger partial charge in [0, 0.05) is 97.7 Å². The Balaban J connectivity index is 0.000000176. The molecule has 3 amide bonds. The largest absolute Gasteiger partial charge is 0.379 e. The van der Waals surface area contributed by atoms with Gasteiger partial charge in [-0.1, -0.05) is 48.6 Å². The summed E-state index contributed by atoms with van der Waals surface area (Å²) in [7, 11) is 0. The van der Waals surface area contributed by atoms with E-state index in [2.05, 4.69) is 27.4 Å². The van der Waals surface area contributed by atoms with E-state index < -0.39 is 34.6 Å². The van der Waals surface area contributed by atoms with Crippen molar-refractivity contribution < 1.29 is 57.8 Å². The molecule has 2 aromatic carbocycles. The summed E-state index contributed by atoms with van der Waals surface area (Å²) in [6.07, 6.45) is 13.0. The highest BCUT2D eigenvalue weighted by molar-refractivity contribution is 6.00. The van der Waals surface area contributed by atoms with Gasteiger partial charge in [0.25, 0.3) is 0 Å². The highest BCUT2D eigenvalue weighted by atomic mass is 17.2. The van der Waals surface area contributed by atoms with Crippen LogP contribution >= 0.6 is 0 Å². The van der Waals surface area contributed by atoms with Crippen LogP contribution in [0.25, 0.3) is 21.8 Å². The fourth-order valence-electron chi connectivity index (χ4n) is 11.4. The van der Waals surface area contributed by atoms with Gasteiger partial charge in [-0.3, -0.25) is 24.2 Å². The highest BCUT2D eigenvalue weighted by Crippen LogP contribution is 2.55. The molecule has 6 heterocycles. The zero-order chi connectivity index (χ0) is 51.4. The smallest absolute Gasteiger partial charge is 0.355 e. The Morgan fingerprint density at radius 2 is 1.12 bits per heavy atom. The molecule has 0 radical (unpaired) electrons. The van der Waals surface area contributed by atoms with Gasteiger partial charge in [-0.2, -0.15) is 9.78 Å².